The van der Waals surface area contributed by atoms with Crippen molar-refractivity contribution in [3.63, 3.8) is 0 Å². The van der Waals surface area contributed by atoms with Gasteiger partial charge in [-0.2, -0.15) is 0 Å². The summed E-state index contributed by atoms with van der Waals surface area (Å²) in [5.74, 6) is 1.41. The maximum Gasteiger partial charge on any atom is 0.0465 e. The molecule has 0 unspecified atom stereocenters. The largest absolute Gasteiger partial charge is 0.310 e. The van der Waals surface area contributed by atoms with Crippen LogP contribution in [-0.2, 0) is 5.41 Å². The van der Waals surface area contributed by atoms with Crippen molar-refractivity contribution < 1.29 is 0 Å². The average Bonchev–Trinajstić information content (AvgIpc) is 3.32. The second kappa shape index (κ2) is 14.2. The fraction of sp³-hybridized carbons (Fsp3) is 0.467. The molecule has 1 heteroatoms. The van der Waals surface area contributed by atoms with Gasteiger partial charge in [-0.05, 0) is 107 Å². The quantitative estimate of drug-likeness (QED) is 0.218. The highest BCUT2D eigenvalue weighted by molar-refractivity contribution is 5.85. The fourth-order valence-corrected chi connectivity index (χ4v) is 9.00. The van der Waals surface area contributed by atoms with Gasteiger partial charge < -0.3 is 4.90 Å². The molecule has 7 rings (SSSR count). The third-order valence-electron chi connectivity index (χ3n) is 11.8. The predicted octanol–water partition coefficient (Wildman–Crippen LogP) is 13.9. The third-order valence-corrected chi connectivity index (χ3v) is 11.8. The van der Waals surface area contributed by atoms with E-state index in [-0.39, 0.29) is 5.41 Å². The molecule has 0 atom stereocenters. The Morgan fingerprint density at radius 1 is 0.435 bits per heavy atom. The van der Waals surface area contributed by atoms with E-state index >= 15 is 0 Å². The molecule has 2 saturated carbocycles. The molecule has 0 spiro atoms. The summed E-state index contributed by atoms with van der Waals surface area (Å²) in [5, 5.41) is 0. The lowest BCUT2D eigenvalue weighted by Crippen LogP contribution is -2.16. The first-order chi connectivity index (χ1) is 22.6. The van der Waals surface area contributed by atoms with Gasteiger partial charge in [0.05, 0.1) is 0 Å². The van der Waals surface area contributed by atoms with E-state index in [1.165, 1.54) is 148 Å². The van der Waals surface area contributed by atoms with Crippen molar-refractivity contribution >= 4 is 17.1 Å². The Labute approximate surface area is 279 Å². The van der Waals surface area contributed by atoms with Gasteiger partial charge in [-0.1, -0.05) is 145 Å². The van der Waals surface area contributed by atoms with E-state index in [4.69, 9.17) is 0 Å². The molecule has 0 bridgehead atoms. The molecule has 4 aromatic carbocycles. The first-order valence-electron chi connectivity index (χ1n) is 18.8. The Morgan fingerprint density at radius 2 is 0.848 bits per heavy atom. The molecule has 0 heterocycles. The average molecular weight is 610 g/mol. The van der Waals surface area contributed by atoms with Crippen LogP contribution in [0.5, 0.6) is 0 Å². The van der Waals surface area contributed by atoms with E-state index in [0.29, 0.717) is 5.92 Å². The van der Waals surface area contributed by atoms with Gasteiger partial charge in [0, 0.05) is 22.5 Å². The lowest BCUT2D eigenvalue weighted by molar-refractivity contribution is 0.443. The van der Waals surface area contributed by atoms with Crippen LogP contribution >= 0.6 is 0 Å². The van der Waals surface area contributed by atoms with Gasteiger partial charge in [-0.15, -0.1) is 0 Å². The molecule has 0 aliphatic heterocycles. The standard InChI is InChI=1S/C45H55N/c1-45(2)43-22-16-15-21-41(43)42-32-31-40(33-44(42)45)46(39-29-25-37(26-30-39)35-19-13-10-14-20-35)38-27-23-36(24-28-38)34-17-11-8-6-4-3-5-7-9-12-18-34/h15-16,21-35H,3-14,17-20H2,1-2H3. The predicted molar refractivity (Wildman–Crippen MR) is 198 cm³/mol. The van der Waals surface area contributed by atoms with E-state index in [2.05, 4.69) is 110 Å². The Balaban J connectivity index is 1.22. The van der Waals surface area contributed by atoms with Gasteiger partial charge in [0.2, 0.25) is 0 Å². The topological polar surface area (TPSA) is 3.24 Å². The van der Waals surface area contributed by atoms with E-state index in [1.54, 1.807) is 5.56 Å². The van der Waals surface area contributed by atoms with Crippen LogP contribution in [0.2, 0.25) is 0 Å². The van der Waals surface area contributed by atoms with Crippen molar-refractivity contribution in [1.82, 2.24) is 0 Å². The van der Waals surface area contributed by atoms with Crippen LogP contribution in [0.1, 0.15) is 151 Å². The lowest BCUT2D eigenvalue weighted by atomic mass is 9.82. The molecule has 1 nitrogen and oxygen atoms in total. The number of benzene rings is 4. The minimum Gasteiger partial charge on any atom is -0.310 e. The van der Waals surface area contributed by atoms with Crippen LogP contribution in [0.3, 0.4) is 0 Å². The summed E-state index contributed by atoms with van der Waals surface area (Å²) in [6.45, 7) is 4.78. The van der Waals surface area contributed by atoms with Gasteiger partial charge in [0.15, 0.2) is 0 Å². The molecule has 240 valence electrons. The molecule has 0 amide bonds. The zero-order valence-electron chi connectivity index (χ0n) is 28.6. The molecule has 0 N–H and O–H groups in total. The summed E-state index contributed by atoms with van der Waals surface area (Å²) in [7, 11) is 0. The van der Waals surface area contributed by atoms with Gasteiger partial charge in [0.1, 0.15) is 0 Å². The maximum absolute atomic E-state index is 2.51. The van der Waals surface area contributed by atoms with Crippen molar-refractivity contribution in [1.29, 1.82) is 0 Å². The lowest BCUT2D eigenvalue weighted by Gasteiger charge is -2.29. The number of fused-ring (bicyclic) bond motifs is 3. The smallest absolute Gasteiger partial charge is 0.0465 e. The van der Waals surface area contributed by atoms with Crippen LogP contribution in [0, 0.1) is 0 Å². The molecule has 2 fully saturated rings. The Hall–Kier alpha value is -3.32. The Kier molecular flexibility index (Phi) is 9.66. The van der Waals surface area contributed by atoms with E-state index in [0.717, 1.165) is 5.92 Å². The first-order valence-corrected chi connectivity index (χ1v) is 18.8. The molecule has 4 aromatic rings. The summed E-state index contributed by atoms with van der Waals surface area (Å²) < 4.78 is 0. The van der Waals surface area contributed by atoms with Crippen molar-refractivity contribution in [2.24, 2.45) is 0 Å². The molecular weight excluding hydrogens is 555 g/mol. The minimum atomic E-state index is -0.0179. The number of anilines is 3. The molecular formula is C45H55N. The normalized spacial score (nSPS) is 19.4. The second-order valence-corrected chi connectivity index (χ2v) is 15.2. The van der Waals surface area contributed by atoms with Crippen LogP contribution < -0.4 is 4.90 Å². The summed E-state index contributed by atoms with van der Waals surface area (Å²) in [5.41, 5.74) is 12.5. The second-order valence-electron chi connectivity index (χ2n) is 15.2. The zero-order valence-corrected chi connectivity index (χ0v) is 28.6. The first kappa shape index (κ1) is 31.3. The van der Waals surface area contributed by atoms with Crippen molar-refractivity contribution in [2.45, 2.75) is 134 Å². The van der Waals surface area contributed by atoms with Gasteiger partial charge >= 0.3 is 0 Å². The SMILES string of the molecule is CC1(C)c2ccccc2-c2ccc(N(c3ccc(C4CCCCCCCCCCC4)cc3)c3ccc(C4CCCCC4)cc3)cc21. The van der Waals surface area contributed by atoms with Crippen LogP contribution in [0.15, 0.2) is 91.0 Å². The number of hydrogen-bond acceptors (Lipinski definition) is 1. The maximum atomic E-state index is 2.51. The van der Waals surface area contributed by atoms with E-state index in [9.17, 15) is 0 Å². The molecule has 0 radical (unpaired) electrons. The number of nitrogens with zero attached hydrogens (tertiary/aromatic N) is 1. The van der Waals surface area contributed by atoms with Gasteiger partial charge in [-0.25, -0.2) is 0 Å². The van der Waals surface area contributed by atoms with Crippen molar-refractivity contribution in [3.05, 3.63) is 113 Å². The van der Waals surface area contributed by atoms with Crippen molar-refractivity contribution in [3.8, 4) is 11.1 Å². The van der Waals surface area contributed by atoms with Gasteiger partial charge in [0.25, 0.3) is 0 Å². The zero-order chi connectivity index (χ0) is 31.3. The molecule has 0 saturated heterocycles. The summed E-state index contributed by atoms with van der Waals surface area (Å²) >= 11 is 0. The highest BCUT2D eigenvalue weighted by atomic mass is 15.1. The Bertz CT molecular complexity index is 1560. The van der Waals surface area contributed by atoms with Gasteiger partial charge in [-0.3, -0.25) is 0 Å². The molecule has 3 aliphatic carbocycles. The van der Waals surface area contributed by atoms with Crippen molar-refractivity contribution in [2.75, 3.05) is 4.90 Å². The molecule has 3 aliphatic rings. The Morgan fingerprint density at radius 3 is 1.37 bits per heavy atom. The third kappa shape index (κ3) is 6.58. The highest BCUT2D eigenvalue weighted by Crippen LogP contribution is 2.50. The van der Waals surface area contributed by atoms with E-state index < -0.39 is 0 Å². The molecule has 0 aromatic heterocycles. The van der Waals surface area contributed by atoms with Crippen LogP contribution in [-0.4, -0.2) is 0 Å². The summed E-state index contributed by atoms with van der Waals surface area (Å²) in [6.07, 6.45) is 22.2. The molecule has 46 heavy (non-hydrogen) atoms. The minimum absolute atomic E-state index is 0.0179. The van der Waals surface area contributed by atoms with Crippen LogP contribution in [0.25, 0.3) is 11.1 Å². The fourth-order valence-electron chi connectivity index (χ4n) is 9.00. The highest BCUT2D eigenvalue weighted by Gasteiger charge is 2.35. The summed E-state index contributed by atoms with van der Waals surface area (Å²) in [4.78, 5) is 2.51. The monoisotopic (exact) mass is 609 g/mol. The summed E-state index contributed by atoms with van der Waals surface area (Å²) in [6, 6.07) is 35.6. The number of rotatable bonds is 5. The van der Waals surface area contributed by atoms with Crippen LogP contribution in [0.4, 0.5) is 17.1 Å². The van der Waals surface area contributed by atoms with E-state index in [1.807, 2.05) is 0 Å². The number of hydrogen-bond donors (Lipinski definition) is 0.